The van der Waals surface area contributed by atoms with Gasteiger partial charge >= 0.3 is 5.97 Å². The highest BCUT2D eigenvalue weighted by Gasteiger charge is 2.15. The van der Waals surface area contributed by atoms with E-state index < -0.39 is 24.5 Å². The lowest BCUT2D eigenvalue weighted by Gasteiger charge is -2.14. The van der Waals surface area contributed by atoms with Crippen molar-refractivity contribution in [1.29, 1.82) is 0 Å². The van der Waals surface area contributed by atoms with Crippen LogP contribution >= 0.6 is 0 Å². The molecule has 0 saturated carbocycles. The van der Waals surface area contributed by atoms with Crippen LogP contribution in [0.2, 0.25) is 0 Å². The summed E-state index contributed by atoms with van der Waals surface area (Å²) in [6.07, 6.45) is -0.136. The maximum Gasteiger partial charge on any atom is 0.307 e. The maximum atomic E-state index is 14.8. The summed E-state index contributed by atoms with van der Waals surface area (Å²) in [6, 6.07) is 17.8. The molecule has 0 heterocycles. The SMILES string of the molecule is NC(CF)c1cccc(-c2cccc(COc3ccccc3CC(=O)O)c2)c1F. The second kappa shape index (κ2) is 9.30. The van der Waals surface area contributed by atoms with Gasteiger partial charge in [-0.1, -0.05) is 54.6 Å². The number of carboxylic acids is 1. The second-order valence-corrected chi connectivity index (χ2v) is 6.64. The first-order valence-electron chi connectivity index (χ1n) is 9.11. The molecular formula is C23H21F2NO3. The Balaban J connectivity index is 1.82. The predicted molar refractivity (Wildman–Crippen MR) is 107 cm³/mol. The third-order valence-electron chi connectivity index (χ3n) is 4.54. The third kappa shape index (κ3) is 4.97. The van der Waals surface area contributed by atoms with E-state index in [1.54, 1.807) is 54.6 Å². The van der Waals surface area contributed by atoms with Crippen LogP contribution in [0.15, 0.2) is 66.7 Å². The Hall–Kier alpha value is -3.25. The van der Waals surface area contributed by atoms with Gasteiger partial charge in [0.1, 0.15) is 24.8 Å². The van der Waals surface area contributed by atoms with E-state index >= 15 is 0 Å². The van der Waals surface area contributed by atoms with Gasteiger partial charge in [-0.05, 0) is 23.3 Å². The molecule has 0 bridgehead atoms. The van der Waals surface area contributed by atoms with Crippen molar-refractivity contribution in [2.75, 3.05) is 6.67 Å². The third-order valence-corrected chi connectivity index (χ3v) is 4.54. The van der Waals surface area contributed by atoms with Gasteiger partial charge in [0.2, 0.25) is 0 Å². The Labute approximate surface area is 167 Å². The average molecular weight is 397 g/mol. The summed E-state index contributed by atoms with van der Waals surface area (Å²) in [6.45, 7) is -0.653. The number of aliphatic carboxylic acids is 1. The number of carboxylic acid groups (broad SMARTS) is 1. The lowest BCUT2D eigenvalue weighted by Crippen LogP contribution is -2.14. The zero-order chi connectivity index (χ0) is 20.8. The van der Waals surface area contributed by atoms with Crippen molar-refractivity contribution in [1.82, 2.24) is 0 Å². The van der Waals surface area contributed by atoms with Crippen LogP contribution in [0.4, 0.5) is 8.78 Å². The minimum Gasteiger partial charge on any atom is -0.489 e. The molecule has 0 aliphatic carbocycles. The molecule has 1 unspecified atom stereocenters. The number of ether oxygens (including phenoxy) is 1. The van der Waals surface area contributed by atoms with Crippen LogP contribution in [-0.4, -0.2) is 17.8 Å². The largest absolute Gasteiger partial charge is 0.489 e. The molecule has 6 heteroatoms. The van der Waals surface area contributed by atoms with Crippen LogP contribution in [0, 0.1) is 5.82 Å². The Bertz CT molecular complexity index is 1010. The van der Waals surface area contributed by atoms with Crippen molar-refractivity contribution in [3.8, 4) is 16.9 Å². The van der Waals surface area contributed by atoms with Crippen molar-refractivity contribution in [3.63, 3.8) is 0 Å². The summed E-state index contributed by atoms with van der Waals surface area (Å²) in [5.41, 5.74) is 8.11. The standard InChI is InChI=1S/C23H21F2NO3/c24-13-20(26)19-9-4-8-18(23(19)25)16-7-3-5-15(11-16)14-29-21-10-2-1-6-17(21)12-22(27)28/h1-11,20H,12-14,26H2,(H,27,28). The number of para-hydroxylation sites is 1. The zero-order valence-corrected chi connectivity index (χ0v) is 15.6. The molecule has 3 aromatic rings. The molecule has 150 valence electrons. The van der Waals surface area contributed by atoms with E-state index in [-0.39, 0.29) is 18.6 Å². The van der Waals surface area contributed by atoms with Gasteiger partial charge in [0, 0.05) is 16.7 Å². The smallest absolute Gasteiger partial charge is 0.307 e. The Morgan fingerprint density at radius 1 is 1.07 bits per heavy atom. The molecule has 0 amide bonds. The molecule has 4 nitrogen and oxygen atoms in total. The molecule has 0 saturated heterocycles. The highest BCUT2D eigenvalue weighted by molar-refractivity contribution is 5.71. The topological polar surface area (TPSA) is 72.5 Å². The summed E-state index contributed by atoms with van der Waals surface area (Å²) >= 11 is 0. The summed E-state index contributed by atoms with van der Waals surface area (Å²) in [4.78, 5) is 11.0. The number of benzene rings is 3. The molecule has 0 aliphatic rings. The molecule has 0 radical (unpaired) electrons. The monoisotopic (exact) mass is 397 g/mol. The Morgan fingerprint density at radius 3 is 2.59 bits per heavy atom. The highest BCUT2D eigenvalue weighted by Crippen LogP contribution is 2.29. The van der Waals surface area contributed by atoms with Crippen LogP contribution in [0.1, 0.15) is 22.7 Å². The van der Waals surface area contributed by atoms with Crippen molar-refractivity contribution >= 4 is 5.97 Å². The first kappa shape index (κ1) is 20.5. The van der Waals surface area contributed by atoms with Gasteiger partial charge in [0.25, 0.3) is 0 Å². The van der Waals surface area contributed by atoms with Crippen LogP contribution in [0.3, 0.4) is 0 Å². The second-order valence-electron chi connectivity index (χ2n) is 6.64. The van der Waals surface area contributed by atoms with Gasteiger partial charge in [-0.3, -0.25) is 4.79 Å². The molecule has 3 N–H and O–H groups in total. The Kier molecular flexibility index (Phi) is 6.57. The quantitative estimate of drug-likeness (QED) is 0.579. The molecule has 1 atom stereocenters. The van der Waals surface area contributed by atoms with E-state index in [0.29, 0.717) is 22.4 Å². The van der Waals surface area contributed by atoms with Gasteiger partial charge in [-0.25, -0.2) is 8.78 Å². The van der Waals surface area contributed by atoms with Gasteiger partial charge < -0.3 is 15.6 Å². The molecular weight excluding hydrogens is 376 g/mol. The van der Waals surface area contributed by atoms with Crippen molar-refractivity contribution in [3.05, 3.63) is 89.2 Å². The fourth-order valence-corrected chi connectivity index (χ4v) is 3.09. The van der Waals surface area contributed by atoms with Crippen LogP contribution in [0.5, 0.6) is 5.75 Å². The fourth-order valence-electron chi connectivity index (χ4n) is 3.09. The van der Waals surface area contributed by atoms with Gasteiger partial charge in [-0.15, -0.1) is 0 Å². The number of carbonyl (C=O) groups is 1. The molecule has 0 fully saturated rings. The van der Waals surface area contributed by atoms with E-state index in [2.05, 4.69) is 0 Å². The number of hydrogen-bond acceptors (Lipinski definition) is 3. The summed E-state index contributed by atoms with van der Waals surface area (Å²) in [5, 5.41) is 9.02. The van der Waals surface area contributed by atoms with Gasteiger partial charge in [0.05, 0.1) is 12.5 Å². The minimum atomic E-state index is -1.01. The zero-order valence-electron chi connectivity index (χ0n) is 15.6. The number of alkyl halides is 1. The van der Waals surface area contributed by atoms with E-state index in [1.165, 1.54) is 6.07 Å². The fraction of sp³-hybridized carbons (Fsp3) is 0.174. The lowest BCUT2D eigenvalue weighted by atomic mass is 9.98. The van der Waals surface area contributed by atoms with Crippen molar-refractivity contribution in [2.45, 2.75) is 19.1 Å². The summed E-state index contributed by atoms with van der Waals surface area (Å²) in [7, 11) is 0. The normalized spacial score (nSPS) is 11.8. The lowest BCUT2D eigenvalue weighted by molar-refractivity contribution is -0.136. The molecule has 0 spiro atoms. The first-order valence-corrected chi connectivity index (χ1v) is 9.11. The first-order chi connectivity index (χ1) is 14.0. The summed E-state index contributed by atoms with van der Waals surface area (Å²) in [5.74, 6) is -0.991. The predicted octanol–water partition coefficient (Wildman–Crippen LogP) is 4.67. The Morgan fingerprint density at radius 2 is 1.83 bits per heavy atom. The molecule has 3 aromatic carbocycles. The minimum absolute atomic E-state index is 0.134. The van der Waals surface area contributed by atoms with Gasteiger partial charge in [0.15, 0.2) is 0 Å². The number of rotatable bonds is 8. The van der Waals surface area contributed by atoms with E-state index in [1.807, 2.05) is 6.07 Å². The molecule has 0 aromatic heterocycles. The molecule has 0 aliphatic heterocycles. The van der Waals surface area contributed by atoms with E-state index in [4.69, 9.17) is 15.6 Å². The van der Waals surface area contributed by atoms with Crippen LogP contribution in [0.25, 0.3) is 11.1 Å². The molecule has 29 heavy (non-hydrogen) atoms. The van der Waals surface area contributed by atoms with Crippen LogP contribution < -0.4 is 10.5 Å². The maximum absolute atomic E-state index is 14.8. The number of nitrogens with two attached hydrogens (primary N) is 1. The van der Waals surface area contributed by atoms with E-state index in [9.17, 15) is 13.6 Å². The number of halogens is 2. The van der Waals surface area contributed by atoms with Gasteiger partial charge in [-0.2, -0.15) is 0 Å². The van der Waals surface area contributed by atoms with E-state index in [0.717, 1.165) is 5.56 Å². The van der Waals surface area contributed by atoms with Crippen molar-refractivity contribution in [2.24, 2.45) is 5.73 Å². The molecule has 3 rings (SSSR count). The van der Waals surface area contributed by atoms with Crippen molar-refractivity contribution < 1.29 is 23.4 Å². The number of hydrogen-bond donors (Lipinski definition) is 2. The van der Waals surface area contributed by atoms with Crippen LogP contribution in [-0.2, 0) is 17.8 Å². The average Bonchev–Trinajstić information content (AvgIpc) is 2.72. The summed E-state index contributed by atoms with van der Waals surface area (Å²) < 4.78 is 33.5. The highest BCUT2D eigenvalue weighted by atomic mass is 19.1.